The number of hydrogen-bond donors (Lipinski definition) is 1. The lowest BCUT2D eigenvalue weighted by molar-refractivity contribution is -0.139. The summed E-state index contributed by atoms with van der Waals surface area (Å²) >= 11 is 0. The van der Waals surface area contributed by atoms with Crippen molar-refractivity contribution in [3.8, 4) is 0 Å². The molecule has 0 saturated carbocycles. The molecular formula is C13H14FNO4. The van der Waals surface area contributed by atoms with Crippen LogP contribution in [-0.2, 0) is 9.53 Å². The van der Waals surface area contributed by atoms with Crippen molar-refractivity contribution in [1.29, 1.82) is 0 Å². The van der Waals surface area contributed by atoms with Crippen LogP contribution in [0.25, 0.3) is 0 Å². The fourth-order valence-electron chi connectivity index (χ4n) is 2.05. The summed E-state index contributed by atoms with van der Waals surface area (Å²) in [7, 11) is 0. The van der Waals surface area contributed by atoms with Crippen molar-refractivity contribution in [1.82, 2.24) is 4.90 Å². The monoisotopic (exact) mass is 267 g/mol. The molecule has 1 amide bonds. The van der Waals surface area contributed by atoms with Crippen LogP contribution in [0.1, 0.15) is 16.8 Å². The third-order valence-corrected chi connectivity index (χ3v) is 2.99. The van der Waals surface area contributed by atoms with Gasteiger partial charge in [0, 0.05) is 12.1 Å². The Labute approximate surface area is 109 Å². The van der Waals surface area contributed by atoms with Gasteiger partial charge in [-0.05, 0) is 24.3 Å². The number of ether oxygens (including phenoxy) is 1. The van der Waals surface area contributed by atoms with E-state index in [4.69, 9.17) is 9.84 Å². The van der Waals surface area contributed by atoms with Crippen LogP contribution in [-0.4, -0.2) is 47.7 Å². The number of halogens is 1. The van der Waals surface area contributed by atoms with Gasteiger partial charge in [0.25, 0.3) is 5.91 Å². The number of nitrogens with zero attached hydrogens (tertiary/aromatic N) is 1. The number of benzene rings is 1. The highest BCUT2D eigenvalue weighted by Crippen LogP contribution is 2.15. The molecule has 1 fully saturated rings. The number of carbonyl (C=O) groups is 2. The van der Waals surface area contributed by atoms with Gasteiger partial charge in [0.1, 0.15) is 5.82 Å². The Morgan fingerprint density at radius 1 is 1.37 bits per heavy atom. The molecule has 6 heteroatoms. The molecule has 1 atom stereocenters. The minimum atomic E-state index is -0.979. The highest BCUT2D eigenvalue weighted by molar-refractivity contribution is 5.94. The molecule has 0 spiro atoms. The van der Waals surface area contributed by atoms with E-state index >= 15 is 0 Å². The Balaban J connectivity index is 2.15. The summed E-state index contributed by atoms with van der Waals surface area (Å²) in [6.45, 7) is 0.927. The highest BCUT2D eigenvalue weighted by Gasteiger charge is 2.29. The average molecular weight is 267 g/mol. The van der Waals surface area contributed by atoms with E-state index in [0.29, 0.717) is 18.7 Å². The van der Waals surface area contributed by atoms with Gasteiger partial charge < -0.3 is 14.7 Å². The van der Waals surface area contributed by atoms with Crippen molar-refractivity contribution < 1.29 is 23.8 Å². The van der Waals surface area contributed by atoms with Crippen molar-refractivity contribution in [2.45, 2.75) is 12.5 Å². The third-order valence-electron chi connectivity index (χ3n) is 2.99. The number of hydrogen-bond acceptors (Lipinski definition) is 3. The maximum atomic E-state index is 12.8. The van der Waals surface area contributed by atoms with E-state index in [-0.39, 0.29) is 18.9 Å². The fraction of sp³-hybridized carbons (Fsp3) is 0.385. The van der Waals surface area contributed by atoms with Gasteiger partial charge in [-0.3, -0.25) is 9.59 Å². The van der Waals surface area contributed by atoms with Crippen molar-refractivity contribution in [3.63, 3.8) is 0 Å². The molecule has 1 N–H and O–H groups in total. The number of carboxylic acids is 1. The smallest absolute Gasteiger partial charge is 0.305 e. The number of carboxylic acid groups (broad SMARTS) is 1. The van der Waals surface area contributed by atoms with Gasteiger partial charge in [-0.2, -0.15) is 0 Å². The van der Waals surface area contributed by atoms with Crippen molar-refractivity contribution in [2.75, 3.05) is 19.8 Å². The molecule has 0 aliphatic carbocycles. The molecule has 2 rings (SSSR count). The molecule has 1 unspecified atom stereocenters. The van der Waals surface area contributed by atoms with E-state index in [9.17, 15) is 14.0 Å². The Bertz CT molecular complexity index is 474. The molecular weight excluding hydrogens is 253 g/mol. The zero-order valence-electron chi connectivity index (χ0n) is 10.2. The lowest BCUT2D eigenvalue weighted by Crippen LogP contribution is -2.49. The molecule has 0 bridgehead atoms. The first-order valence-electron chi connectivity index (χ1n) is 5.94. The zero-order chi connectivity index (χ0) is 13.8. The van der Waals surface area contributed by atoms with E-state index < -0.39 is 17.8 Å². The topological polar surface area (TPSA) is 66.8 Å². The first kappa shape index (κ1) is 13.5. The van der Waals surface area contributed by atoms with E-state index in [1.54, 1.807) is 0 Å². The van der Waals surface area contributed by atoms with Gasteiger partial charge in [0.15, 0.2) is 0 Å². The minimum Gasteiger partial charge on any atom is -0.481 e. The molecule has 102 valence electrons. The lowest BCUT2D eigenvalue weighted by Gasteiger charge is -2.34. The second-order valence-electron chi connectivity index (χ2n) is 4.33. The van der Waals surface area contributed by atoms with Gasteiger partial charge in [-0.25, -0.2) is 4.39 Å². The van der Waals surface area contributed by atoms with E-state index in [0.717, 1.165) is 0 Å². The summed E-state index contributed by atoms with van der Waals surface area (Å²) in [5.74, 6) is -1.69. The predicted molar refractivity (Wildman–Crippen MR) is 64.3 cm³/mol. The quantitative estimate of drug-likeness (QED) is 0.891. The molecule has 5 nitrogen and oxygen atoms in total. The molecule has 1 aromatic rings. The molecule has 1 heterocycles. The molecule has 1 aliphatic heterocycles. The number of aliphatic carboxylic acids is 1. The molecule has 0 radical (unpaired) electrons. The summed E-state index contributed by atoms with van der Waals surface area (Å²) in [6.07, 6.45) is -0.160. The van der Waals surface area contributed by atoms with Crippen LogP contribution in [0.15, 0.2) is 24.3 Å². The van der Waals surface area contributed by atoms with Gasteiger partial charge in [0.05, 0.1) is 25.7 Å². The summed E-state index contributed by atoms with van der Waals surface area (Å²) < 4.78 is 18.0. The first-order chi connectivity index (χ1) is 9.08. The molecule has 1 aromatic carbocycles. The van der Waals surface area contributed by atoms with E-state index in [1.807, 2.05) is 0 Å². The van der Waals surface area contributed by atoms with Crippen molar-refractivity contribution in [2.24, 2.45) is 0 Å². The Hall–Kier alpha value is -1.95. The number of morpholine rings is 1. The molecule has 0 aromatic heterocycles. The second-order valence-corrected chi connectivity index (χ2v) is 4.33. The number of carbonyl (C=O) groups excluding carboxylic acids is 1. The Morgan fingerprint density at radius 3 is 2.68 bits per heavy atom. The first-order valence-corrected chi connectivity index (χ1v) is 5.94. The molecule has 19 heavy (non-hydrogen) atoms. The van der Waals surface area contributed by atoms with Crippen molar-refractivity contribution in [3.05, 3.63) is 35.6 Å². The van der Waals surface area contributed by atoms with Gasteiger partial charge >= 0.3 is 5.97 Å². The number of amides is 1. The maximum absolute atomic E-state index is 12.8. The highest BCUT2D eigenvalue weighted by atomic mass is 19.1. The standard InChI is InChI=1S/C13H14FNO4/c14-10-3-1-9(2-4-10)13(18)15-5-6-19-8-11(15)7-12(16)17/h1-4,11H,5-8H2,(H,16,17). The Morgan fingerprint density at radius 2 is 2.05 bits per heavy atom. The van der Waals surface area contributed by atoms with Crippen LogP contribution < -0.4 is 0 Å². The maximum Gasteiger partial charge on any atom is 0.305 e. The summed E-state index contributed by atoms with van der Waals surface area (Å²) in [5.41, 5.74) is 0.346. The summed E-state index contributed by atoms with van der Waals surface area (Å²) in [4.78, 5) is 24.5. The fourth-order valence-corrected chi connectivity index (χ4v) is 2.05. The van der Waals surface area contributed by atoms with E-state index in [1.165, 1.54) is 29.2 Å². The summed E-state index contributed by atoms with van der Waals surface area (Å²) in [6, 6.07) is 4.72. The van der Waals surface area contributed by atoms with Gasteiger partial charge in [-0.15, -0.1) is 0 Å². The van der Waals surface area contributed by atoms with Crippen LogP contribution in [0.2, 0.25) is 0 Å². The Kier molecular flexibility index (Phi) is 4.11. The van der Waals surface area contributed by atoms with Crippen LogP contribution in [0.3, 0.4) is 0 Å². The zero-order valence-corrected chi connectivity index (χ0v) is 10.2. The average Bonchev–Trinajstić information content (AvgIpc) is 2.39. The van der Waals surface area contributed by atoms with Gasteiger partial charge in [-0.1, -0.05) is 0 Å². The summed E-state index contributed by atoms with van der Waals surface area (Å²) in [5, 5.41) is 8.83. The van der Waals surface area contributed by atoms with E-state index in [2.05, 4.69) is 0 Å². The molecule has 1 saturated heterocycles. The van der Waals surface area contributed by atoms with Crippen LogP contribution >= 0.6 is 0 Å². The van der Waals surface area contributed by atoms with Crippen LogP contribution in [0.5, 0.6) is 0 Å². The number of rotatable bonds is 3. The van der Waals surface area contributed by atoms with Crippen molar-refractivity contribution >= 4 is 11.9 Å². The normalized spacial score (nSPS) is 19.2. The molecule has 1 aliphatic rings. The second kappa shape index (κ2) is 5.79. The largest absolute Gasteiger partial charge is 0.481 e. The SMILES string of the molecule is O=C(O)CC1COCCN1C(=O)c1ccc(F)cc1. The third kappa shape index (κ3) is 3.29. The lowest BCUT2D eigenvalue weighted by atomic mass is 10.1. The minimum absolute atomic E-state index is 0.160. The van der Waals surface area contributed by atoms with Gasteiger partial charge in [0.2, 0.25) is 0 Å². The predicted octanol–water partition coefficient (Wildman–Crippen LogP) is 1.14. The van der Waals surface area contributed by atoms with Crippen LogP contribution in [0, 0.1) is 5.82 Å². The van der Waals surface area contributed by atoms with Crippen LogP contribution in [0.4, 0.5) is 4.39 Å².